The summed E-state index contributed by atoms with van der Waals surface area (Å²) >= 11 is 0. The number of hydrogen-bond acceptors (Lipinski definition) is 3. The molecule has 0 fully saturated rings. The van der Waals surface area contributed by atoms with Crippen molar-refractivity contribution in [2.24, 2.45) is 5.92 Å². The highest BCUT2D eigenvalue weighted by atomic mass is 16.2. The number of carbonyl (C=O) groups excluding carboxylic acids is 2. The summed E-state index contributed by atoms with van der Waals surface area (Å²) in [6, 6.07) is 3.89. The molecule has 4 heteroatoms. The average molecular weight is 288 g/mol. The number of carbonyl (C=O) groups is 2. The van der Waals surface area contributed by atoms with E-state index in [2.05, 4.69) is 19.2 Å². The Bertz CT molecular complexity index is 566. The standard InChI is InChI=1S/C17H24N2O2/c1-5-8-18-9-11(2)10-19-15-13(4)7-6-12(3)14(15)16(20)17(19)21/h6-7,11,18H,5,8-10H2,1-4H3. The first-order valence-corrected chi connectivity index (χ1v) is 7.64. The highest BCUT2D eigenvalue weighted by molar-refractivity contribution is 6.52. The van der Waals surface area contributed by atoms with Gasteiger partial charge in [-0.2, -0.15) is 0 Å². The van der Waals surface area contributed by atoms with Gasteiger partial charge in [0.2, 0.25) is 0 Å². The van der Waals surface area contributed by atoms with E-state index in [1.165, 1.54) is 0 Å². The summed E-state index contributed by atoms with van der Waals surface area (Å²) in [6.45, 7) is 10.5. The van der Waals surface area contributed by atoms with Crippen LogP contribution in [0.15, 0.2) is 12.1 Å². The minimum Gasteiger partial charge on any atom is -0.316 e. The molecule has 0 radical (unpaired) electrons. The van der Waals surface area contributed by atoms with E-state index in [1.54, 1.807) is 4.90 Å². The molecule has 21 heavy (non-hydrogen) atoms. The second-order valence-electron chi connectivity index (χ2n) is 5.98. The highest BCUT2D eigenvalue weighted by Crippen LogP contribution is 2.34. The molecule has 1 heterocycles. The van der Waals surface area contributed by atoms with E-state index in [9.17, 15) is 9.59 Å². The molecule has 1 aromatic rings. The lowest BCUT2D eigenvalue weighted by Crippen LogP contribution is -2.37. The van der Waals surface area contributed by atoms with E-state index in [-0.39, 0.29) is 11.7 Å². The smallest absolute Gasteiger partial charge is 0.299 e. The van der Waals surface area contributed by atoms with Gasteiger partial charge in [0.25, 0.3) is 11.7 Å². The number of anilines is 1. The minimum atomic E-state index is -0.384. The molecule has 1 atom stereocenters. The van der Waals surface area contributed by atoms with Crippen molar-refractivity contribution >= 4 is 17.4 Å². The number of benzene rings is 1. The Balaban J connectivity index is 2.21. The third-order valence-electron chi connectivity index (χ3n) is 3.94. The molecule has 1 amide bonds. The second kappa shape index (κ2) is 6.39. The van der Waals surface area contributed by atoms with Gasteiger partial charge >= 0.3 is 0 Å². The van der Waals surface area contributed by atoms with Crippen molar-refractivity contribution in [3.05, 3.63) is 28.8 Å². The third-order valence-corrected chi connectivity index (χ3v) is 3.94. The van der Waals surface area contributed by atoms with Gasteiger partial charge in [0.1, 0.15) is 0 Å². The molecule has 0 bridgehead atoms. The Morgan fingerprint density at radius 1 is 1.19 bits per heavy atom. The van der Waals surface area contributed by atoms with Crippen molar-refractivity contribution in [1.82, 2.24) is 5.32 Å². The number of aryl methyl sites for hydroxylation is 2. The zero-order chi connectivity index (χ0) is 15.6. The van der Waals surface area contributed by atoms with Gasteiger partial charge in [0.05, 0.1) is 11.3 Å². The number of hydrogen-bond donors (Lipinski definition) is 1. The summed E-state index contributed by atoms with van der Waals surface area (Å²) in [4.78, 5) is 26.2. The lowest BCUT2D eigenvalue weighted by Gasteiger charge is -2.23. The van der Waals surface area contributed by atoms with E-state index in [4.69, 9.17) is 0 Å². The molecule has 0 aromatic heterocycles. The molecule has 0 saturated carbocycles. The van der Waals surface area contributed by atoms with Crippen LogP contribution in [0.5, 0.6) is 0 Å². The van der Waals surface area contributed by atoms with Gasteiger partial charge in [-0.3, -0.25) is 9.59 Å². The molecule has 1 aromatic carbocycles. The second-order valence-corrected chi connectivity index (χ2v) is 5.98. The molecule has 0 saturated heterocycles. The number of amides is 1. The number of nitrogens with zero attached hydrogens (tertiary/aromatic N) is 1. The van der Waals surface area contributed by atoms with Crippen molar-refractivity contribution in [3.8, 4) is 0 Å². The summed E-state index contributed by atoms with van der Waals surface area (Å²) in [7, 11) is 0. The van der Waals surface area contributed by atoms with Crippen molar-refractivity contribution in [2.45, 2.75) is 34.1 Å². The minimum absolute atomic E-state index is 0.305. The SMILES string of the molecule is CCCNCC(C)CN1C(=O)C(=O)c2c(C)ccc(C)c21. The van der Waals surface area contributed by atoms with Crippen LogP contribution in [0.1, 0.15) is 41.8 Å². The van der Waals surface area contributed by atoms with Gasteiger partial charge in [-0.15, -0.1) is 0 Å². The van der Waals surface area contributed by atoms with Crippen LogP contribution in [-0.4, -0.2) is 31.3 Å². The highest BCUT2D eigenvalue weighted by Gasteiger charge is 2.38. The van der Waals surface area contributed by atoms with Crippen molar-refractivity contribution in [1.29, 1.82) is 0 Å². The predicted octanol–water partition coefficient (Wildman–Crippen LogP) is 2.47. The normalized spacial score (nSPS) is 15.5. The van der Waals surface area contributed by atoms with Crippen LogP contribution in [0.25, 0.3) is 0 Å². The molecule has 1 aliphatic rings. The summed E-state index contributed by atoms with van der Waals surface area (Å²) in [6.07, 6.45) is 1.09. The largest absolute Gasteiger partial charge is 0.316 e. The number of Topliss-reactive ketones (excluding diaryl/α,β-unsaturated/α-hetero) is 1. The van der Waals surface area contributed by atoms with Gasteiger partial charge in [-0.05, 0) is 50.4 Å². The van der Waals surface area contributed by atoms with E-state index < -0.39 is 0 Å². The monoisotopic (exact) mass is 288 g/mol. The van der Waals surface area contributed by atoms with Crippen LogP contribution in [-0.2, 0) is 4.79 Å². The zero-order valence-electron chi connectivity index (χ0n) is 13.3. The Labute approximate surface area is 126 Å². The lowest BCUT2D eigenvalue weighted by molar-refractivity contribution is -0.114. The topological polar surface area (TPSA) is 49.4 Å². The maximum absolute atomic E-state index is 12.3. The fourth-order valence-corrected chi connectivity index (χ4v) is 2.84. The van der Waals surface area contributed by atoms with Crippen LogP contribution in [0.3, 0.4) is 0 Å². The quantitative estimate of drug-likeness (QED) is 0.646. The van der Waals surface area contributed by atoms with Gasteiger partial charge in [-0.1, -0.05) is 26.0 Å². The third kappa shape index (κ3) is 3.00. The Kier molecular flexibility index (Phi) is 4.78. The molecule has 4 nitrogen and oxygen atoms in total. The van der Waals surface area contributed by atoms with Gasteiger partial charge in [0, 0.05) is 6.54 Å². The number of rotatable bonds is 6. The summed E-state index contributed by atoms with van der Waals surface area (Å²) in [5.74, 6) is -0.441. The van der Waals surface area contributed by atoms with Gasteiger partial charge in [-0.25, -0.2) is 0 Å². The number of nitrogens with one attached hydrogen (secondary N) is 1. The maximum atomic E-state index is 12.3. The molecule has 114 valence electrons. The summed E-state index contributed by atoms with van der Waals surface area (Å²) in [5.41, 5.74) is 3.28. The first kappa shape index (κ1) is 15.7. The molecular weight excluding hydrogens is 264 g/mol. The van der Waals surface area contributed by atoms with Crippen LogP contribution in [0.2, 0.25) is 0 Å². The molecule has 0 aliphatic carbocycles. The number of ketones is 1. The van der Waals surface area contributed by atoms with Crippen molar-refractivity contribution < 1.29 is 9.59 Å². The van der Waals surface area contributed by atoms with Crippen LogP contribution in [0, 0.1) is 19.8 Å². The molecule has 1 N–H and O–H groups in total. The van der Waals surface area contributed by atoms with E-state index >= 15 is 0 Å². The Hall–Kier alpha value is -1.68. The fourth-order valence-electron chi connectivity index (χ4n) is 2.84. The molecule has 1 aliphatic heterocycles. The van der Waals surface area contributed by atoms with Crippen LogP contribution >= 0.6 is 0 Å². The van der Waals surface area contributed by atoms with Gasteiger partial charge < -0.3 is 10.2 Å². The van der Waals surface area contributed by atoms with E-state index in [0.717, 1.165) is 36.3 Å². The Morgan fingerprint density at radius 3 is 2.52 bits per heavy atom. The maximum Gasteiger partial charge on any atom is 0.299 e. The van der Waals surface area contributed by atoms with Crippen molar-refractivity contribution in [2.75, 3.05) is 24.5 Å². The van der Waals surface area contributed by atoms with Gasteiger partial charge in [0.15, 0.2) is 0 Å². The molecule has 1 unspecified atom stereocenters. The van der Waals surface area contributed by atoms with Crippen LogP contribution in [0.4, 0.5) is 5.69 Å². The Morgan fingerprint density at radius 2 is 1.86 bits per heavy atom. The summed E-state index contributed by atoms with van der Waals surface area (Å²) in [5, 5.41) is 3.36. The van der Waals surface area contributed by atoms with E-state index in [1.807, 2.05) is 26.0 Å². The van der Waals surface area contributed by atoms with Crippen LogP contribution < -0.4 is 10.2 Å². The lowest BCUT2D eigenvalue weighted by atomic mass is 10.0. The van der Waals surface area contributed by atoms with E-state index in [0.29, 0.717) is 18.0 Å². The zero-order valence-corrected chi connectivity index (χ0v) is 13.3. The van der Waals surface area contributed by atoms with Crippen molar-refractivity contribution in [3.63, 3.8) is 0 Å². The molecular formula is C17H24N2O2. The first-order chi connectivity index (χ1) is 9.97. The molecule has 0 spiro atoms. The molecule has 2 rings (SSSR count). The average Bonchev–Trinajstić information content (AvgIpc) is 2.69. The predicted molar refractivity (Wildman–Crippen MR) is 84.9 cm³/mol. The number of fused-ring (bicyclic) bond motifs is 1. The first-order valence-electron chi connectivity index (χ1n) is 7.64. The fraction of sp³-hybridized carbons (Fsp3) is 0.529. The summed E-state index contributed by atoms with van der Waals surface area (Å²) < 4.78 is 0.